The van der Waals surface area contributed by atoms with E-state index in [1.54, 1.807) is 0 Å². The number of nitrogens with one attached hydrogen (secondary N) is 1. The third-order valence-electron chi connectivity index (χ3n) is 3.73. The highest BCUT2D eigenvalue weighted by atomic mass is 16.5. The maximum absolute atomic E-state index is 5.73. The fourth-order valence-corrected chi connectivity index (χ4v) is 2.57. The summed E-state index contributed by atoms with van der Waals surface area (Å²) < 4.78 is 5.73. The van der Waals surface area contributed by atoms with Gasteiger partial charge in [0.15, 0.2) is 0 Å². The van der Waals surface area contributed by atoms with Gasteiger partial charge in [-0.15, -0.1) is 0 Å². The minimum atomic E-state index is 0.491. The lowest BCUT2D eigenvalue weighted by Gasteiger charge is -2.22. The Balaban J connectivity index is 1.68. The number of rotatable bonds is 5. The van der Waals surface area contributed by atoms with Crippen molar-refractivity contribution in [3.05, 3.63) is 34.9 Å². The smallest absolute Gasteiger partial charge is 0.0587 e. The van der Waals surface area contributed by atoms with E-state index < -0.39 is 0 Å². The van der Waals surface area contributed by atoms with Crippen molar-refractivity contribution in [2.45, 2.75) is 52.2 Å². The van der Waals surface area contributed by atoms with Crippen LogP contribution in [-0.2, 0) is 11.3 Å². The van der Waals surface area contributed by atoms with Gasteiger partial charge in [-0.05, 0) is 57.2 Å². The van der Waals surface area contributed by atoms with Gasteiger partial charge >= 0.3 is 0 Å². The highest BCUT2D eigenvalue weighted by Crippen LogP contribution is 2.15. The average Bonchev–Trinajstić information content (AvgIpc) is 2.38. The predicted octanol–water partition coefficient (Wildman–Crippen LogP) is 3.35. The Morgan fingerprint density at radius 2 is 2.17 bits per heavy atom. The van der Waals surface area contributed by atoms with Gasteiger partial charge in [0.05, 0.1) is 6.10 Å². The van der Waals surface area contributed by atoms with Gasteiger partial charge < -0.3 is 10.1 Å². The summed E-state index contributed by atoms with van der Waals surface area (Å²) in [5, 5.41) is 3.53. The van der Waals surface area contributed by atoms with Crippen molar-refractivity contribution in [3.63, 3.8) is 0 Å². The lowest BCUT2D eigenvalue weighted by Crippen LogP contribution is -2.25. The fourth-order valence-electron chi connectivity index (χ4n) is 2.57. The molecule has 1 unspecified atom stereocenters. The Hall–Kier alpha value is -0.860. The van der Waals surface area contributed by atoms with E-state index in [1.807, 2.05) is 0 Å². The molecule has 1 atom stereocenters. The van der Waals surface area contributed by atoms with Gasteiger partial charge in [-0.1, -0.05) is 23.8 Å². The molecule has 0 radical (unpaired) electrons. The lowest BCUT2D eigenvalue weighted by molar-refractivity contribution is 0.0115. The second-order valence-corrected chi connectivity index (χ2v) is 5.38. The van der Waals surface area contributed by atoms with Crippen molar-refractivity contribution in [1.82, 2.24) is 5.32 Å². The second-order valence-electron chi connectivity index (χ2n) is 5.38. The van der Waals surface area contributed by atoms with Crippen molar-refractivity contribution in [3.8, 4) is 0 Å². The van der Waals surface area contributed by atoms with Gasteiger partial charge in [0, 0.05) is 13.2 Å². The first-order valence-corrected chi connectivity index (χ1v) is 7.14. The number of ether oxygens (including phenoxy) is 1. The molecule has 0 aromatic heterocycles. The molecular formula is C16H25NO. The molecule has 18 heavy (non-hydrogen) atoms. The Morgan fingerprint density at radius 1 is 1.28 bits per heavy atom. The van der Waals surface area contributed by atoms with Crippen molar-refractivity contribution >= 4 is 0 Å². The first kappa shape index (κ1) is 13.6. The topological polar surface area (TPSA) is 21.3 Å². The van der Waals surface area contributed by atoms with Crippen LogP contribution < -0.4 is 5.32 Å². The number of hydrogen-bond acceptors (Lipinski definition) is 2. The highest BCUT2D eigenvalue weighted by molar-refractivity contribution is 5.30. The van der Waals surface area contributed by atoms with E-state index in [2.05, 4.69) is 37.4 Å². The fraction of sp³-hybridized carbons (Fsp3) is 0.625. The van der Waals surface area contributed by atoms with Crippen LogP contribution in [-0.4, -0.2) is 19.3 Å². The molecule has 1 aliphatic rings. The molecule has 2 rings (SSSR count). The molecule has 2 nitrogen and oxygen atoms in total. The molecule has 0 aliphatic carbocycles. The molecule has 1 heterocycles. The summed E-state index contributed by atoms with van der Waals surface area (Å²) in [6.07, 6.45) is 5.45. The molecule has 100 valence electrons. The van der Waals surface area contributed by atoms with Crippen LogP contribution in [0, 0.1) is 13.8 Å². The van der Waals surface area contributed by atoms with Crippen molar-refractivity contribution in [1.29, 1.82) is 0 Å². The summed E-state index contributed by atoms with van der Waals surface area (Å²) in [7, 11) is 0. The van der Waals surface area contributed by atoms with Crippen LogP contribution in [0.25, 0.3) is 0 Å². The molecule has 1 aromatic rings. The normalized spacial score (nSPS) is 20.0. The monoisotopic (exact) mass is 247 g/mol. The maximum Gasteiger partial charge on any atom is 0.0587 e. The third kappa shape index (κ3) is 4.11. The van der Waals surface area contributed by atoms with Crippen LogP contribution in [0.3, 0.4) is 0 Å². The quantitative estimate of drug-likeness (QED) is 0.806. The molecule has 2 heteroatoms. The van der Waals surface area contributed by atoms with Gasteiger partial charge in [0.1, 0.15) is 0 Å². The van der Waals surface area contributed by atoms with E-state index >= 15 is 0 Å². The van der Waals surface area contributed by atoms with E-state index in [0.717, 1.165) is 26.1 Å². The number of aryl methyl sites for hydroxylation is 2. The lowest BCUT2D eigenvalue weighted by atomic mass is 10.1. The molecule has 0 bridgehead atoms. The zero-order valence-corrected chi connectivity index (χ0v) is 11.7. The molecule has 0 saturated carbocycles. The van der Waals surface area contributed by atoms with Crippen molar-refractivity contribution < 1.29 is 4.74 Å². The average molecular weight is 247 g/mol. The zero-order chi connectivity index (χ0) is 12.8. The molecular weight excluding hydrogens is 222 g/mol. The Labute approximate surface area is 111 Å². The molecule has 0 spiro atoms. The van der Waals surface area contributed by atoms with E-state index in [0.29, 0.717) is 6.10 Å². The largest absolute Gasteiger partial charge is 0.378 e. The highest BCUT2D eigenvalue weighted by Gasteiger charge is 2.12. The van der Waals surface area contributed by atoms with E-state index in [4.69, 9.17) is 4.74 Å². The second kappa shape index (κ2) is 6.91. The first-order valence-electron chi connectivity index (χ1n) is 7.14. The minimum absolute atomic E-state index is 0.491. The van der Waals surface area contributed by atoms with E-state index in [-0.39, 0.29) is 0 Å². The zero-order valence-electron chi connectivity index (χ0n) is 11.7. The van der Waals surface area contributed by atoms with Crippen LogP contribution in [0.1, 0.15) is 42.4 Å². The summed E-state index contributed by atoms with van der Waals surface area (Å²) in [6, 6.07) is 6.67. The van der Waals surface area contributed by atoms with Crippen LogP contribution >= 0.6 is 0 Å². The van der Waals surface area contributed by atoms with Crippen molar-refractivity contribution in [2.75, 3.05) is 13.2 Å². The van der Waals surface area contributed by atoms with Crippen LogP contribution in [0.2, 0.25) is 0 Å². The Morgan fingerprint density at radius 3 is 2.89 bits per heavy atom. The first-order chi connectivity index (χ1) is 8.75. The molecule has 0 amide bonds. The van der Waals surface area contributed by atoms with Gasteiger partial charge in [0.25, 0.3) is 0 Å². The Kier molecular flexibility index (Phi) is 5.21. The van der Waals surface area contributed by atoms with Crippen LogP contribution in [0.5, 0.6) is 0 Å². The summed E-state index contributed by atoms with van der Waals surface area (Å²) in [5.41, 5.74) is 4.13. The summed E-state index contributed by atoms with van der Waals surface area (Å²) >= 11 is 0. The van der Waals surface area contributed by atoms with Gasteiger partial charge in [-0.2, -0.15) is 0 Å². The molecule has 1 N–H and O–H groups in total. The van der Waals surface area contributed by atoms with Gasteiger partial charge in [-0.3, -0.25) is 0 Å². The maximum atomic E-state index is 5.73. The van der Waals surface area contributed by atoms with Crippen LogP contribution in [0.4, 0.5) is 0 Å². The molecule has 1 aliphatic heterocycles. The van der Waals surface area contributed by atoms with Gasteiger partial charge in [0.2, 0.25) is 0 Å². The van der Waals surface area contributed by atoms with E-state index in [9.17, 15) is 0 Å². The summed E-state index contributed by atoms with van der Waals surface area (Å²) in [6.45, 7) is 7.32. The van der Waals surface area contributed by atoms with E-state index in [1.165, 1.54) is 36.0 Å². The minimum Gasteiger partial charge on any atom is -0.378 e. The summed E-state index contributed by atoms with van der Waals surface area (Å²) in [4.78, 5) is 0. The molecule has 1 saturated heterocycles. The SMILES string of the molecule is Cc1ccc(CNCCC2CCCCO2)c(C)c1. The standard InChI is InChI=1S/C16H25NO/c1-13-6-7-15(14(2)11-13)12-17-9-8-16-5-3-4-10-18-16/h6-7,11,16-17H,3-5,8-10,12H2,1-2H3. The van der Waals surface area contributed by atoms with Crippen LogP contribution in [0.15, 0.2) is 18.2 Å². The van der Waals surface area contributed by atoms with Gasteiger partial charge in [-0.25, -0.2) is 0 Å². The molecule has 1 aromatic carbocycles. The number of benzene rings is 1. The molecule has 1 fully saturated rings. The third-order valence-corrected chi connectivity index (χ3v) is 3.73. The van der Waals surface area contributed by atoms with Crippen molar-refractivity contribution in [2.24, 2.45) is 0 Å². The number of hydrogen-bond donors (Lipinski definition) is 1. The Bertz CT molecular complexity index is 369. The summed E-state index contributed by atoms with van der Waals surface area (Å²) in [5.74, 6) is 0. The predicted molar refractivity (Wildman–Crippen MR) is 75.8 cm³/mol.